The molecule has 1 atom stereocenters. The van der Waals surface area contributed by atoms with Crippen LogP contribution in [0.4, 0.5) is 0 Å². The van der Waals surface area contributed by atoms with Crippen molar-refractivity contribution in [3.05, 3.63) is 28.2 Å². The molecule has 19 heavy (non-hydrogen) atoms. The van der Waals surface area contributed by atoms with E-state index >= 15 is 0 Å². The molecule has 1 unspecified atom stereocenters. The maximum Gasteiger partial charge on any atom is 0.123 e. The van der Waals surface area contributed by atoms with Crippen molar-refractivity contribution >= 4 is 15.9 Å². The molecule has 0 aliphatic rings. The molecule has 0 spiro atoms. The van der Waals surface area contributed by atoms with Gasteiger partial charge < -0.3 is 10.1 Å². The van der Waals surface area contributed by atoms with E-state index < -0.39 is 0 Å². The van der Waals surface area contributed by atoms with Crippen LogP contribution >= 0.6 is 15.9 Å². The lowest BCUT2D eigenvalue weighted by atomic mass is 10.1. The molecule has 0 radical (unpaired) electrons. The smallest absolute Gasteiger partial charge is 0.123 e. The number of halogens is 1. The summed E-state index contributed by atoms with van der Waals surface area (Å²) < 4.78 is 7.04. The van der Waals surface area contributed by atoms with Crippen LogP contribution in [0, 0.1) is 11.8 Å². The molecule has 0 aliphatic heterocycles. The second kappa shape index (κ2) is 8.60. The van der Waals surface area contributed by atoms with Crippen molar-refractivity contribution in [3.8, 4) is 5.75 Å². The second-order valence-electron chi connectivity index (χ2n) is 5.60. The first-order valence-electron chi connectivity index (χ1n) is 7.14. The highest BCUT2D eigenvalue weighted by Crippen LogP contribution is 2.24. The van der Waals surface area contributed by atoms with Gasteiger partial charge in [-0.2, -0.15) is 0 Å². The average molecular weight is 328 g/mol. The monoisotopic (exact) mass is 327 g/mol. The van der Waals surface area contributed by atoms with E-state index in [1.165, 1.54) is 5.56 Å². The number of benzene rings is 1. The third-order valence-electron chi connectivity index (χ3n) is 3.11. The predicted molar refractivity (Wildman–Crippen MR) is 85.6 cm³/mol. The minimum atomic E-state index is 0.597. The van der Waals surface area contributed by atoms with Crippen LogP contribution in [0.5, 0.6) is 5.75 Å². The van der Waals surface area contributed by atoms with Crippen LogP contribution in [0.3, 0.4) is 0 Å². The van der Waals surface area contributed by atoms with Gasteiger partial charge in [-0.25, -0.2) is 0 Å². The molecule has 1 aromatic carbocycles. The second-order valence-corrected chi connectivity index (χ2v) is 6.52. The van der Waals surface area contributed by atoms with Crippen LogP contribution < -0.4 is 10.1 Å². The Bertz CT molecular complexity index is 379. The van der Waals surface area contributed by atoms with Crippen LogP contribution in [-0.2, 0) is 6.54 Å². The first-order valence-corrected chi connectivity index (χ1v) is 7.94. The fraction of sp³-hybridized carbons (Fsp3) is 0.625. The Labute approximate surface area is 126 Å². The van der Waals surface area contributed by atoms with Crippen molar-refractivity contribution < 1.29 is 4.74 Å². The Balaban J connectivity index is 2.63. The van der Waals surface area contributed by atoms with E-state index in [0.29, 0.717) is 11.8 Å². The van der Waals surface area contributed by atoms with Gasteiger partial charge >= 0.3 is 0 Å². The molecule has 2 nitrogen and oxygen atoms in total. The zero-order valence-electron chi connectivity index (χ0n) is 12.5. The Morgan fingerprint density at radius 2 is 2.00 bits per heavy atom. The van der Waals surface area contributed by atoms with E-state index in [1.807, 2.05) is 6.07 Å². The maximum absolute atomic E-state index is 5.94. The molecular weight excluding hydrogens is 302 g/mol. The summed E-state index contributed by atoms with van der Waals surface area (Å²) in [5, 5.41) is 3.47. The molecule has 0 saturated carbocycles. The lowest BCUT2D eigenvalue weighted by Crippen LogP contribution is -2.19. The summed E-state index contributed by atoms with van der Waals surface area (Å²) >= 11 is 3.53. The van der Waals surface area contributed by atoms with Crippen LogP contribution in [0.2, 0.25) is 0 Å². The van der Waals surface area contributed by atoms with Gasteiger partial charge in [-0.1, -0.05) is 50.0 Å². The molecule has 1 rings (SSSR count). The number of nitrogens with one attached hydrogen (secondary N) is 1. The van der Waals surface area contributed by atoms with Crippen molar-refractivity contribution in [1.82, 2.24) is 5.32 Å². The summed E-state index contributed by atoms with van der Waals surface area (Å²) in [6.45, 7) is 11.5. The highest BCUT2D eigenvalue weighted by Gasteiger charge is 2.07. The summed E-state index contributed by atoms with van der Waals surface area (Å²) in [4.78, 5) is 0. The molecule has 1 N–H and O–H groups in total. The quantitative estimate of drug-likeness (QED) is 0.752. The fourth-order valence-corrected chi connectivity index (χ4v) is 2.08. The standard InChI is InChI=1S/C16H26BrNO/c1-5-13(4)11-19-16-7-6-15(17)8-14(16)10-18-9-12(2)3/h6-8,12-13,18H,5,9-11H2,1-4H3. The largest absolute Gasteiger partial charge is 0.493 e. The van der Waals surface area contributed by atoms with Gasteiger partial charge in [0.1, 0.15) is 5.75 Å². The minimum Gasteiger partial charge on any atom is -0.493 e. The highest BCUT2D eigenvalue weighted by atomic mass is 79.9. The number of ether oxygens (including phenoxy) is 1. The first kappa shape index (κ1) is 16.5. The third-order valence-corrected chi connectivity index (χ3v) is 3.60. The van der Waals surface area contributed by atoms with Gasteiger partial charge in [-0.05, 0) is 36.6 Å². The van der Waals surface area contributed by atoms with E-state index in [1.54, 1.807) is 0 Å². The van der Waals surface area contributed by atoms with Crippen LogP contribution in [0.15, 0.2) is 22.7 Å². The van der Waals surface area contributed by atoms with Gasteiger partial charge in [0.25, 0.3) is 0 Å². The van der Waals surface area contributed by atoms with Crippen LogP contribution in [0.1, 0.15) is 39.7 Å². The zero-order chi connectivity index (χ0) is 14.3. The Morgan fingerprint density at radius 3 is 2.63 bits per heavy atom. The van der Waals surface area contributed by atoms with Crippen LogP contribution in [0.25, 0.3) is 0 Å². The lowest BCUT2D eigenvalue weighted by molar-refractivity contribution is 0.254. The average Bonchev–Trinajstić information content (AvgIpc) is 2.37. The number of hydrogen-bond acceptors (Lipinski definition) is 2. The Morgan fingerprint density at radius 1 is 1.26 bits per heavy atom. The Kier molecular flexibility index (Phi) is 7.47. The summed E-state index contributed by atoms with van der Waals surface area (Å²) in [5.41, 5.74) is 1.22. The van der Waals surface area contributed by atoms with Gasteiger partial charge in [-0.3, -0.25) is 0 Å². The van der Waals surface area contributed by atoms with Crippen molar-refractivity contribution in [3.63, 3.8) is 0 Å². The van der Waals surface area contributed by atoms with Gasteiger partial charge in [-0.15, -0.1) is 0 Å². The number of hydrogen-bond donors (Lipinski definition) is 1. The van der Waals surface area contributed by atoms with Crippen LogP contribution in [-0.4, -0.2) is 13.2 Å². The molecular formula is C16H26BrNO. The molecule has 0 heterocycles. The molecule has 0 amide bonds. The summed E-state index contributed by atoms with van der Waals surface area (Å²) in [6.07, 6.45) is 1.15. The predicted octanol–water partition coefficient (Wildman–Crippen LogP) is 4.62. The Hall–Kier alpha value is -0.540. The minimum absolute atomic E-state index is 0.597. The lowest BCUT2D eigenvalue weighted by Gasteiger charge is -2.16. The number of rotatable bonds is 8. The highest BCUT2D eigenvalue weighted by molar-refractivity contribution is 9.10. The van der Waals surface area contributed by atoms with Gasteiger partial charge in [0.15, 0.2) is 0 Å². The summed E-state index contributed by atoms with van der Waals surface area (Å²) in [5.74, 6) is 2.26. The molecule has 0 aromatic heterocycles. The van der Waals surface area contributed by atoms with E-state index in [9.17, 15) is 0 Å². The van der Waals surface area contributed by atoms with E-state index in [0.717, 1.165) is 36.3 Å². The summed E-state index contributed by atoms with van der Waals surface area (Å²) in [7, 11) is 0. The van der Waals surface area contributed by atoms with E-state index in [-0.39, 0.29) is 0 Å². The fourth-order valence-electron chi connectivity index (χ4n) is 1.67. The molecule has 3 heteroatoms. The maximum atomic E-state index is 5.94. The molecule has 1 aromatic rings. The van der Waals surface area contributed by atoms with E-state index in [4.69, 9.17) is 4.74 Å². The van der Waals surface area contributed by atoms with Gasteiger partial charge in [0.2, 0.25) is 0 Å². The topological polar surface area (TPSA) is 21.3 Å². The molecule has 0 fully saturated rings. The van der Waals surface area contributed by atoms with Gasteiger partial charge in [0, 0.05) is 16.6 Å². The SMILES string of the molecule is CCC(C)COc1ccc(Br)cc1CNCC(C)C. The molecule has 0 saturated heterocycles. The van der Waals surface area contributed by atoms with Crippen molar-refractivity contribution in [1.29, 1.82) is 0 Å². The van der Waals surface area contributed by atoms with Crippen molar-refractivity contribution in [2.24, 2.45) is 11.8 Å². The zero-order valence-corrected chi connectivity index (χ0v) is 14.1. The summed E-state index contributed by atoms with van der Waals surface area (Å²) in [6, 6.07) is 6.23. The molecule has 108 valence electrons. The first-order chi connectivity index (χ1) is 9.02. The van der Waals surface area contributed by atoms with Crippen molar-refractivity contribution in [2.45, 2.75) is 40.7 Å². The molecule has 0 aliphatic carbocycles. The molecule has 0 bridgehead atoms. The third kappa shape index (κ3) is 6.44. The normalized spacial score (nSPS) is 12.7. The van der Waals surface area contributed by atoms with Gasteiger partial charge in [0.05, 0.1) is 6.61 Å². The van der Waals surface area contributed by atoms with Crippen molar-refractivity contribution in [2.75, 3.05) is 13.2 Å². The van der Waals surface area contributed by atoms with E-state index in [2.05, 4.69) is 61.1 Å².